The van der Waals surface area contributed by atoms with Crippen LogP contribution in [0.2, 0.25) is 0 Å². The fourth-order valence-electron chi connectivity index (χ4n) is 5.16. The average molecular weight is 604 g/mol. The molecule has 0 saturated carbocycles. The van der Waals surface area contributed by atoms with Crippen molar-refractivity contribution in [2.45, 2.75) is 37.5 Å². The van der Waals surface area contributed by atoms with Crippen molar-refractivity contribution in [1.82, 2.24) is 29.8 Å². The van der Waals surface area contributed by atoms with Gasteiger partial charge < -0.3 is 36.1 Å². The number of benzene rings is 1. The van der Waals surface area contributed by atoms with Gasteiger partial charge in [0.05, 0.1) is 42.5 Å². The van der Waals surface area contributed by atoms with Crippen LogP contribution in [0.5, 0.6) is 5.75 Å². The van der Waals surface area contributed by atoms with Crippen LogP contribution in [0, 0.1) is 11.6 Å². The number of fused-ring (bicyclic) bond motifs is 1. The summed E-state index contributed by atoms with van der Waals surface area (Å²) in [5.41, 5.74) is 12.2. The summed E-state index contributed by atoms with van der Waals surface area (Å²) in [5, 5.41) is 12.7. The van der Waals surface area contributed by atoms with Crippen LogP contribution >= 0.6 is 0 Å². The summed E-state index contributed by atoms with van der Waals surface area (Å²) < 4.78 is 63.6. The number of imidazole rings is 1. The van der Waals surface area contributed by atoms with Gasteiger partial charge in [-0.25, -0.2) is 32.5 Å². The van der Waals surface area contributed by atoms with Gasteiger partial charge in [0.1, 0.15) is 23.8 Å². The minimum Gasteiger partial charge on any atom is -0.422 e. The number of carbonyl (C=O) groups is 1. The van der Waals surface area contributed by atoms with Gasteiger partial charge in [-0.05, 0) is 37.6 Å². The summed E-state index contributed by atoms with van der Waals surface area (Å²) in [6, 6.07) is 3.15. The number of nitrogen functional groups attached to an aromatic ring is 1. The summed E-state index contributed by atoms with van der Waals surface area (Å²) in [6.45, 7) is 0.192. The third kappa shape index (κ3) is 6.07. The molecular weight excluding hydrogens is 574 g/mol. The first-order valence-corrected chi connectivity index (χ1v) is 13.3. The number of piperidine rings is 1. The summed E-state index contributed by atoms with van der Waals surface area (Å²) in [7, 11) is 1.50. The second-order valence-electron chi connectivity index (χ2n) is 10.3. The lowest BCUT2D eigenvalue weighted by atomic mass is 9.84. The number of carbonyl (C=O) groups excluding carboxylic acids is 1. The van der Waals surface area contributed by atoms with Crippen LogP contribution in [0.25, 0.3) is 22.4 Å². The second kappa shape index (κ2) is 12.1. The van der Waals surface area contributed by atoms with Crippen molar-refractivity contribution in [3.63, 3.8) is 0 Å². The molecule has 0 aliphatic carbocycles. The lowest BCUT2D eigenvalue weighted by Crippen LogP contribution is -2.63. The Morgan fingerprint density at radius 3 is 2.72 bits per heavy atom. The minimum atomic E-state index is -3.04. The summed E-state index contributed by atoms with van der Waals surface area (Å²) in [4.78, 5) is 30.3. The number of ether oxygens (including phenoxy) is 1. The van der Waals surface area contributed by atoms with Crippen molar-refractivity contribution in [1.29, 1.82) is 0 Å². The van der Waals surface area contributed by atoms with Gasteiger partial charge in [0.15, 0.2) is 23.0 Å². The monoisotopic (exact) mass is 603 g/mol. The number of pyridine rings is 1. The van der Waals surface area contributed by atoms with E-state index in [1.807, 2.05) is 0 Å². The first-order valence-electron chi connectivity index (χ1n) is 13.3. The molecule has 1 aliphatic heterocycles. The molecule has 0 bridgehead atoms. The Kier molecular flexibility index (Phi) is 8.43. The summed E-state index contributed by atoms with van der Waals surface area (Å²) in [5.74, 6) is -3.09. The Hall–Kier alpha value is -4.41. The fourth-order valence-corrected chi connectivity index (χ4v) is 5.16. The average Bonchev–Trinajstić information content (AvgIpc) is 3.38. The van der Waals surface area contributed by atoms with Gasteiger partial charge in [0.2, 0.25) is 0 Å². The maximum absolute atomic E-state index is 15.2. The lowest BCUT2D eigenvalue weighted by molar-refractivity contribution is -0.133. The maximum Gasteiger partial charge on any atom is 0.325 e. The van der Waals surface area contributed by atoms with Gasteiger partial charge in [-0.15, -0.1) is 0 Å². The smallest absolute Gasteiger partial charge is 0.325 e. The number of halogens is 4. The van der Waals surface area contributed by atoms with Crippen LogP contribution in [0.15, 0.2) is 37.1 Å². The molecule has 1 aromatic carbocycles. The number of rotatable bonds is 9. The molecule has 1 fully saturated rings. The molecule has 228 valence electrons. The van der Waals surface area contributed by atoms with Crippen LogP contribution in [-0.4, -0.2) is 80.3 Å². The second-order valence-corrected chi connectivity index (χ2v) is 10.3. The van der Waals surface area contributed by atoms with E-state index in [4.69, 9.17) is 16.2 Å². The number of aromatic nitrogens is 5. The minimum absolute atomic E-state index is 0.0467. The van der Waals surface area contributed by atoms with Crippen LogP contribution in [0.4, 0.5) is 29.1 Å². The topological polar surface area (TPSA) is 170 Å². The zero-order chi connectivity index (χ0) is 30.9. The number of nitrogens with one attached hydrogen (secondary N) is 1. The van der Waals surface area contributed by atoms with Crippen molar-refractivity contribution in [2.24, 2.45) is 5.73 Å². The molecular formula is C27H29F4N9O3. The van der Waals surface area contributed by atoms with Crippen molar-refractivity contribution in [3.8, 4) is 17.0 Å². The number of nitrogens with two attached hydrogens (primary N) is 2. The molecule has 1 aliphatic rings. The first-order chi connectivity index (χ1) is 20.5. The summed E-state index contributed by atoms with van der Waals surface area (Å²) in [6.07, 6.45) is -0.339. The molecule has 0 radical (unpaired) electrons. The van der Waals surface area contributed by atoms with E-state index in [1.165, 1.54) is 32.0 Å². The largest absolute Gasteiger partial charge is 0.422 e. The third-order valence-corrected chi connectivity index (χ3v) is 7.30. The van der Waals surface area contributed by atoms with Crippen molar-refractivity contribution in [2.75, 3.05) is 37.3 Å². The highest BCUT2D eigenvalue weighted by Crippen LogP contribution is 2.35. The molecule has 6 N–H and O–H groups in total. The predicted octanol–water partition coefficient (Wildman–Crippen LogP) is 1.85. The fraction of sp³-hybridized carbons (Fsp3) is 0.370. The van der Waals surface area contributed by atoms with E-state index in [1.54, 1.807) is 9.47 Å². The van der Waals surface area contributed by atoms with Crippen LogP contribution in [0.1, 0.15) is 18.4 Å². The van der Waals surface area contributed by atoms with Gasteiger partial charge in [-0.1, -0.05) is 0 Å². The molecule has 0 unspecified atom stereocenters. The zero-order valence-electron chi connectivity index (χ0n) is 23.0. The van der Waals surface area contributed by atoms with E-state index in [2.05, 4.69) is 25.3 Å². The molecule has 3 aromatic heterocycles. The standard InChI is InChI=1S/C27H29F4N9O3/c1-34-9-21(41)43-20-7-16(28)15(6-17(20)29)18-5-14(10-40-13-38-22-25(32)36-12-37-26(22)40)19(8-35-18)39-4-2-3-27(33,11-39)23(42)24(30)31/h5-8,12-13,23-24,34,42H,2-4,9-11,33H2,1H3,(H2,32,36,37)/t23-,27-/m1/s1. The molecule has 4 heterocycles. The first kappa shape index (κ1) is 30.1. The van der Waals surface area contributed by atoms with Crippen LogP contribution < -0.4 is 26.4 Å². The maximum atomic E-state index is 15.2. The van der Waals surface area contributed by atoms with Crippen LogP contribution in [-0.2, 0) is 11.3 Å². The highest BCUT2D eigenvalue weighted by atomic mass is 19.3. The quantitative estimate of drug-likeness (QED) is 0.125. The molecule has 0 spiro atoms. The molecule has 12 nitrogen and oxygen atoms in total. The molecule has 16 heteroatoms. The highest BCUT2D eigenvalue weighted by Gasteiger charge is 2.43. The Morgan fingerprint density at radius 1 is 1.19 bits per heavy atom. The molecule has 5 rings (SSSR count). The van der Waals surface area contributed by atoms with Crippen LogP contribution in [0.3, 0.4) is 0 Å². The van der Waals surface area contributed by atoms with E-state index in [-0.39, 0.29) is 43.1 Å². The molecule has 2 atom stereocenters. The van der Waals surface area contributed by atoms with Gasteiger partial charge in [0.25, 0.3) is 6.43 Å². The highest BCUT2D eigenvalue weighted by molar-refractivity contribution is 5.81. The van der Waals surface area contributed by atoms with E-state index in [0.717, 1.165) is 12.1 Å². The van der Waals surface area contributed by atoms with E-state index < -0.39 is 41.4 Å². The zero-order valence-corrected chi connectivity index (χ0v) is 23.0. The van der Waals surface area contributed by atoms with E-state index in [0.29, 0.717) is 35.4 Å². The molecule has 0 amide bonds. The van der Waals surface area contributed by atoms with Gasteiger partial charge in [-0.3, -0.25) is 9.78 Å². The number of aliphatic hydroxyl groups is 1. The Bertz CT molecular complexity index is 1650. The number of alkyl halides is 2. The van der Waals surface area contributed by atoms with Gasteiger partial charge >= 0.3 is 5.97 Å². The molecule has 43 heavy (non-hydrogen) atoms. The Labute approximate surface area is 242 Å². The number of hydrogen-bond acceptors (Lipinski definition) is 11. The van der Waals surface area contributed by atoms with Crippen molar-refractivity contribution in [3.05, 3.63) is 54.2 Å². The van der Waals surface area contributed by atoms with E-state index in [9.17, 15) is 23.1 Å². The van der Waals surface area contributed by atoms with Crippen molar-refractivity contribution < 1.29 is 32.2 Å². The number of esters is 1. The SMILES string of the molecule is CNCC(=O)Oc1cc(F)c(-c2cc(Cn3cnc4c(N)ncnc43)c(N3CCC[C@](N)([C@H](O)C(F)F)C3)cn2)cc1F. The third-order valence-electron chi connectivity index (χ3n) is 7.30. The van der Waals surface area contributed by atoms with E-state index >= 15 is 4.39 Å². The normalized spacial score (nSPS) is 17.9. The molecule has 4 aromatic rings. The van der Waals surface area contributed by atoms with Gasteiger partial charge in [0, 0.05) is 24.7 Å². The summed E-state index contributed by atoms with van der Waals surface area (Å²) >= 11 is 0. The predicted molar refractivity (Wildman–Crippen MR) is 148 cm³/mol. The Morgan fingerprint density at radius 2 is 1.98 bits per heavy atom. The number of likely N-dealkylation sites (N-methyl/N-ethyl adjacent to an activating group) is 1. The molecule has 1 saturated heterocycles. The van der Waals surface area contributed by atoms with Gasteiger partial charge in [-0.2, -0.15) is 0 Å². The number of hydrogen-bond donors (Lipinski definition) is 4. The number of nitrogens with zero attached hydrogens (tertiary/aromatic N) is 6. The Balaban J connectivity index is 1.56. The number of anilines is 2. The number of aliphatic hydroxyl groups excluding tert-OH is 1. The lowest BCUT2D eigenvalue weighted by Gasteiger charge is -2.44. The van der Waals surface area contributed by atoms with Crippen molar-refractivity contribution >= 4 is 28.6 Å².